The first-order valence-corrected chi connectivity index (χ1v) is 7.63. The Balaban J connectivity index is 2.09. The molecule has 25 heavy (non-hydrogen) atoms. The summed E-state index contributed by atoms with van der Waals surface area (Å²) in [5.41, 5.74) is -1.60. The number of aliphatic hydroxyl groups excluding tert-OH is 1. The minimum atomic E-state index is -3.64. The van der Waals surface area contributed by atoms with E-state index in [9.17, 15) is 27.1 Å². The predicted octanol–water partition coefficient (Wildman–Crippen LogP) is 5.16. The molecule has 1 atom stereocenters. The Morgan fingerprint density at radius 2 is 1.96 bits per heavy atom. The zero-order chi connectivity index (χ0) is 18.4. The number of hydrogen-bond acceptors (Lipinski definition) is 4. The molecule has 0 radical (unpaired) electrons. The summed E-state index contributed by atoms with van der Waals surface area (Å²) in [5.74, 6) is -1.57. The van der Waals surface area contributed by atoms with Crippen molar-refractivity contribution in [3.63, 3.8) is 0 Å². The molecule has 3 rings (SSSR count). The van der Waals surface area contributed by atoms with E-state index in [1.165, 1.54) is 0 Å². The minimum absolute atomic E-state index is 0.0187. The number of thioether (sulfide) groups is 1. The number of rotatable bonds is 3. The second-order valence-corrected chi connectivity index (χ2v) is 6.33. The van der Waals surface area contributed by atoms with Gasteiger partial charge in [-0.05, 0) is 36.0 Å². The second-order valence-electron chi connectivity index (χ2n) is 5.15. The van der Waals surface area contributed by atoms with Crippen LogP contribution in [-0.4, -0.2) is 10.4 Å². The number of halogens is 5. The molecule has 0 saturated carbocycles. The van der Waals surface area contributed by atoms with Gasteiger partial charge in [0.05, 0.1) is 17.2 Å². The van der Waals surface area contributed by atoms with Crippen molar-refractivity contribution in [3.05, 3.63) is 52.8 Å². The highest BCUT2D eigenvalue weighted by atomic mass is 32.2. The fourth-order valence-electron chi connectivity index (χ4n) is 2.47. The second kappa shape index (κ2) is 6.20. The van der Waals surface area contributed by atoms with Crippen LogP contribution in [0.4, 0.5) is 22.0 Å². The summed E-state index contributed by atoms with van der Waals surface area (Å²) in [4.78, 5) is -0.183. The van der Waals surface area contributed by atoms with Gasteiger partial charge in [0, 0.05) is 16.5 Å². The van der Waals surface area contributed by atoms with Gasteiger partial charge in [-0.3, -0.25) is 0 Å². The number of nitriles is 1. The lowest BCUT2D eigenvalue weighted by molar-refractivity contribution is -0.0327. The lowest BCUT2D eigenvalue weighted by Crippen LogP contribution is -2.17. The molecule has 9 heteroatoms. The maximum Gasteiger partial charge on any atom is 0.327 e. The van der Waals surface area contributed by atoms with Gasteiger partial charge in [-0.2, -0.15) is 14.0 Å². The van der Waals surface area contributed by atoms with E-state index in [1.807, 2.05) is 0 Å². The Kier molecular flexibility index (Phi) is 4.34. The molecular formula is C16H8F5NO2S. The molecule has 130 valence electrons. The highest BCUT2D eigenvalue weighted by molar-refractivity contribution is 8.00. The largest absolute Gasteiger partial charge is 0.457 e. The lowest BCUT2D eigenvalue weighted by atomic mass is 10.0. The number of alkyl halides is 4. The first-order valence-electron chi connectivity index (χ1n) is 6.81. The van der Waals surface area contributed by atoms with Gasteiger partial charge in [0.15, 0.2) is 6.10 Å². The third-order valence-electron chi connectivity index (χ3n) is 3.49. The summed E-state index contributed by atoms with van der Waals surface area (Å²) < 4.78 is 72.8. The van der Waals surface area contributed by atoms with Gasteiger partial charge in [-0.1, -0.05) is 0 Å². The topological polar surface area (TPSA) is 53.2 Å². The van der Waals surface area contributed by atoms with Crippen molar-refractivity contribution in [2.45, 2.75) is 22.7 Å². The maximum atomic E-state index is 13.6. The van der Waals surface area contributed by atoms with E-state index < -0.39 is 40.5 Å². The van der Waals surface area contributed by atoms with Crippen molar-refractivity contribution in [1.29, 1.82) is 5.26 Å². The molecule has 0 aliphatic carbocycles. The summed E-state index contributed by atoms with van der Waals surface area (Å²) in [6.07, 6.45) is -5.62. The Labute approximate surface area is 142 Å². The molecule has 0 spiro atoms. The molecule has 0 fully saturated rings. The van der Waals surface area contributed by atoms with Crippen molar-refractivity contribution in [2.24, 2.45) is 0 Å². The van der Waals surface area contributed by atoms with Gasteiger partial charge in [0.25, 0.3) is 6.43 Å². The Bertz CT molecular complexity index is 882. The van der Waals surface area contributed by atoms with E-state index in [0.29, 0.717) is 0 Å². The summed E-state index contributed by atoms with van der Waals surface area (Å²) in [7, 11) is 0. The Morgan fingerprint density at radius 1 is 1.24 bits per heavy atom. The molecule has 2 aromatic carbocycles. The highest BCUT2D eigenvalue weighted by Crippen LogP contribution is 2.57. The quantitative estimate of drug-likeness (QED) is 0.755. The molecule has 1 N–H and O–H groups in total. The zero-order valence-electron chi connectivity index (χ0n) is 12.1. The van der Waals surface area contributed by atoms with Crippen molar-refractivity contribution in [1.82, 2.24) is 0 Å². The van der Waals surface area contributed by atoms with Crippen LogP contribution in [0.3, 0.4) is 0 Å². The summed E-state index contributed by atoms with van der Waals surface area (Å²) in [6, 6.07) is 6.74. The third-order valence-corrected chi connectivity index (χ3v) is 4.56. The number of fused-ring (bicyclic) bond motifs is 1. The van der Waals surface area contributed by atoms with Gasteiger partial charge in [0.2, 0.25) is 0 Å². The zero-order valence-corrected chi connectivity index (χ0v) is 13.0. The van der Waals surface area contributed by atoms with E-state index >= 15 is 0 Å². The Hall–Kier alpha value is -2.31. The molecule has 0 aromatic heterocycles. The van der Waals surface area contributed by atoms with Crippen LogP contribution < -0.4 is 4.74 Å². The van der Waals surface area contributed by atoms with E-state index in [-0.39, 0.29) is 28.0 Å². The average Bonchev–Trinajstić information content (AvgIpc) is 2.76. The van der Waals surface area contributed by atoms with Crippen LogP contribution >= 0.6 is 11.8 Å². The van der Waals surface area contributed by atoms with Gasteiger partial charge in [0.1, 0.15) is 17.3 Å². The highest BCUT2D eigenvalue weighted by Gasteiger charge is 2.50. The molecule has 3 nitrogen and oxygen atoms in total. The smallest absolute Gasteiger partial charge is 0.327 e. The van der Waals surface area contributed by atoms with Crippen molar-refractivity contribution < 1.29 is 31.8 Å². The molecule has 0 bridgehead atoms. The van der Waals surface area contributed by atoms with Gasteiger partial charge < -0.3 is 9.84 Å². The molecular weight excluding hydrogens is 365 g/mol. The summed E-state index contributed by atoms with van der Waals surface area (Å²) >= 11 is -0.0187. The molecule has 0 amide bonds. The monoisotopic (exact) mass is 373 g/mol. The van der Waals surface area contributed by atoms with E-state index in [2.05, 4.69) is 0 Å². The summed E-state index contributed by atoms with van der Waals surface area (Å²) in [6.45, 7) is 0. The average molecular weight is 373 g/mol. The molecule has 1 aliphatic rings. The number of nitrogens with zero attached hydrogens (tertiary/aromatic N) is 1. The van der Waals surface area contributed by atoms with Gasteiger partial charge >= 0.3 is 5.25 Å². The normalized spacial score (nSPS) is 18.1. The number of benzene rings is 2. The van der Waals surface area contributed by atoms with Crippen molar-refractivity contribution in [3.8, 4) is 17.6 Å². The molecule has 1 aliphatic heterocycles. The summed E-state index contributed by atoms with van der Waals surface area (Å²) in [5, 5.41) is 14.9. The molecule has 1 heterocycles. The van der Waals surface area contributed by atoms with Gasteiger partial charge in [-0.15, -0.1) is 0 Å². The van der Waals surface area contributed by atoms with Crippen molar-refractivity contribution >= 4 is 11.8 Å². The first-order chi connectivity index (χ1) is 11.7. The Morgan fingerprint density at radius 3 is 2.60 bits per heavy atom. The third kappa shape index (κ3) is 3.15. The number of aliphatic hydroxyl groups is 1. The molecule has 0 unspecified atom stereocenters. The predicted molar refractivity (Wildman–Crippen MR) is 78.4 cm³/mol. The fourth-order valence-corrected chi connectivity index (χ4v) is 3.46. The van der Waals surface area contributed by atoms with Crippen LogP contribution in [-0.2, 0) is 0 Å². The number of ether oxygens (including phenoxy) is 1. The fraction of sp³-hybridized carbons (Fsp3) is 0.188. The number of hydrogen-bond donors (Lipinski definition) is 1. The van der Waals surface area contributed by atoms with Gasteiger partial charge in [-0.25, -0.2) is 13.2 Å². The van der Waals surface area contributed by atoms with Crippen LogP contribution in [0, 0.1) is 17.1 Å². The standard InChI is InChI=1S/C16H8F5NO2S/c17-8-3-7(6-22)4-9(5-8)24-10-1-2-11-13(12(10)15(18)19)14(23)16(20,21)25-11/h1-5,14-15,23H/t14-/m1/s1. The SMILES string of the molecule is N#Cc1cc(F)cc(Oc2ccc3c(c2C(F)F)[C@@H](O)C(F)(F)S3)c1. The first kappa shape index (κ1) is 17.5. The van der Waals surface area contributed by atoms with Crippen LogP contribution in [0.1, 0.15) is 29.2 Å². The van der Waals surface area contributed by atoms with Crippen LogP contribution in [0.25, 0.3) is 0 Å². The van der Waals surface area contributed by atoms with E-state index in [1.54, 1.807) is 6.07 Å². The minimum Gasteiger partial charge on any atom is -0.457 e. The van der Waals surface area contributed by atoms with Crippen molar-refractivity contribution in [2.75, 3.05) is 0 Å². The van der Waals surface area contributed by atoms with Crippen LogP contribution in [0.2, 0.25) is 0 Å². The van der Waals surface area contributed by atoms with E-state index in [4.69, 9.17) is 10.00 Å². The van der Waals surface area contributed by atoms with Crippen LogP contribution in [0.5, 0.6) is 11.5 Å². The molecule has 0 saturated heterocycles. The maximum absolute atomic E-state index is 13.6. The molecule has 2 aromatic rings. The lowest BCUT2D eigenvalue weighted by Gasteiger charge is -2.17. The van der Waals surface area contributed by atoms with E-state index in [0.717, 1.165) is 30.3 Å². The van der Waals surface area contributed by atoms with Crippen LogP contribution in [0.15, 0.2) is 35.2 Å².